The van der Waals surface area contributed by atoms with Gasteiger partial charge in [-0.25, -0.2) is 9.78 Å². The molecule has 7 heteroatoms. The molecular formula is C16H14N4O2S. The minimum absolute atomic E-state index is 0.111. The maximum atomic E-state index is 11.4. The number of carboxylic acid groups (broad SMARTS) is 1. The molecule has 0 atom stereocenters. The SMILES string of the molecule is CSc1cccc(N=Nc2c(C(=O)O)nc3ccc(C)cn23)c1. The van der Waals surface area contributed by atoms with Crippen molar-refractivity contribution in [2.45, 2.75) is 11.8 Å². The van der Waals surface area contributed by atoms with Gasteiger partial charge in [0.1, 0.15) is 5.65 Å². The number of azo groups is 1. The molecule has 116 valence electrons. The number of aromatic nitrogens is 2. The van der Waals surface area contributed by atoms with E-state index in [0.29, 0.717) is 11.3 Å². The Labute approximate surface area is 136 Å². The Morgan fingerprint density at radius 3 is 2.83 bits per heavy atom. The van der Waals surface area contributed by atoms with Crippen LogP contribution >= 0.6 is 11.8 Å². The lowest BCUT2D eigenvalue weighted by atomic mass is 10.3. The van der Waals surface area contributed by atoms with E-state index in [4.69, 9.17) is 0 Å². The predicted molar refractivity (Wildman–Crippen MR) is 89.3 cm³/mol. The number of fused-ring (bicyclic) bond motifs is 1. The monoisotopic (exact) mass is 326 g/mol. The summed E-state index contributed by atoms with van der Waals surface area (Å²) < 4.78 is 1.64. The summed E-state index contributed by atoms with van der Waals surface area (Å²) in [6, 6.07) is 11.2. The molecule has 3 aromatic rings. The minimum atomic E-state index is -1.13. The molecule has 2 heterocycles. The molecule has 1 N–H and O–H groups in total. The lowest BCUT2D eigenvalue weighted by molar-refractivity contribution is 0.0692. The number of nitrogens with zero attached hydrogens (tertiary/aromatic N) is 4. The molecule has 23 heavy (non-hydrogen) atoms. The maximum Gasteiger partial charge on any atom is 0.358 e. The summed E-state index contributed by atoms with van der Waals surface area (Å²) in [5.41, 5.74) is 2.06. The lowest BCUT2D eigenvalue weighted by Crippen LogP contribution is -1.96. The minimum Gasteiger partial charge on any atom is -0.476 e. The predicted octanol–water partition coefficient (Wildman–Crippen LogP) is 4.48. The van der Waals surface area contributed by atoms with E-state index in [1.54, 1.807) is 28.4 Å². The molecule has 0 aliphatic rings. The van der Waals surface area contributed by atoms with E-state index in [9.17, 15) is 9.90 Å². The standard InChI is InChI=1S/C16H14N4O2S/c1-10-6-7-13-17-14(16(21)22)15(20(13)9-10)19-18-11-4-3-5-12(8-11)23-2/h3-9H,1-2H3,(H,21,22). The number of thioether (sulfide) groups is 1. The Kier molecular flexibility index (Phi) is 4.12. The quantitative estimate of drug-likeness (QED) is 0.566. The summed E-state index contributed by atoms with van der Waals surface area (Å²) >= 11 is 1.61. The highest BCUT2D eigenvalue weighted by Crippen LogP contribution is 2.26. The smallest absolute Gasteiger partial charge is 0.358 e. The van der Waals surface area contributed by atoms with E-state index in [-0.39, 0.29) is 11.5 Å². The first-order valence-corrected chi connectivity index (χ1v) is 8.09. The van der Waals surface area contributed by atoms with Gasteiger partial charge in [0.25, 0.3) is 0 Å². The second kappa shape index (κ2) is 6.21. The van der Waals surface area contributed by atoms with Gasteiger partial charge in [0.05, 0.1) is 5.69 Å². The summed E-state index contributed by atoms with van der Waals surface area (Å²) in [7, 11) is 0. The highest BCUT2D eigenvalue weighted by Gasteiger charge is 2.18. The van der Waals surface area contributed by atoms with Crippen LogP contribution in [0.1, 0.15) is 16.1 Å². The Morgan fingerprint density at radius 1 is 1.26 bits per heavy atom. The summed E-state index contributed by atoms with van der Waals surface area (Å²) in [6.07, 6.45) is 3.77. The van der Waals surface area contributed by atoms with Crippen LogP contribution in [-0.2, 0) is 0 Å². The number of carbonyl (C=O) groups is 1. The highest BCUT2D eigenvalue weighted by molar-refractivity contribution is 7.98. The molecule has 0 aliphatic carbocycles. The van der Waals surface area contributed by atoms with Gasteiger partial charge >= 0.3 is 5.97 Å². The van der Waals surface area contributed by atoms with Crippen molar-refractivity contribution in [1.29, 1.82) is 0 Å². The van der Waals surface area contributed by atoms with Gasteiger partial charge in [0.2, 0.25) is 0 Å². The molecule has 3 rings (SSSR count). The Morgan fingerprint density at radius 2 is 2.09 bits per heavy atom. The number of aromatic carboxylic acids is 1. The van der Waals surface area contributed by atoms with Crippen molar-refractivity contribution in [3.63, 3.8) is 0 Å². The Bertz CT molecular complexity index is 918. The van der Waals surface area contributed by atoms with Crippen molar-refractivity contribution >= 4 is 34.9 Å². The molecule has 2 aromatic heterocycles. The number of carboxylic acids is 1. The van der Waals surface area contributed by atoms with E-state index >= 15 is 0 Å². The normalized spacial score (nSPS) is 11.4. The zero-order chi connectivity index (χ0) is 16.4. The van der Waals surface area contributed by atoms with Gasteiger partial charge in [-0.1, -0.05) is 12.1 Å². The average molecular weight is 326 g/mol. The molecule has 0 bridgehead atoms. The van der Waals surface area contributed by atoms with Crippen molar-refractivity contribution in [2.75, 3.05) is 6.26 Å². The maximum absolute atomic E-state index is 11.4. The number of hydrogen-bond acceptors (Lipinski definition) is 5. The highest BCUT2D eigenvalue weighted by atomic mass is 32.2. The van der Waals surface area contributed by atoms with Crippen molar-refractivity contribution in [3.8, 4) is 0 Å². The first-order valence-electron chi connectivity index (χ1n) is 6.86. The topological polar surface area (TPSA) is 79.3 Å². The van der Waals surface area contributed by atoms with E-state index in [1.807, 2.05) is 43.5 Å². The Balaban J connectivity index is 2.10. The van der Waals surface area contributed by atoms with Gasteiger partial charge in [-0.2, -0.15) is 0 Å². The van der Waals surface area contributed by atoms with Crippen LogP contribution in [0.2, 0.25) is 0 Å². The van der Waals surface area contributed by atoms with Gasteiger partial charge in [-0.15, -0.1) is 22.0 Å². The number of pyridine rings is 1. The Hall–Kier alpha value is -2.67. The molecule has 0 radical (unpaired) electrons. The second-order valence-corrected chi connectivity index (χ2v) is 5.80. The molecule has 0 aliphatic heterocycles. The largest absolute Gasteiger partial charge is 0.476 e. The molecule has 0 unspecified atom stereocenters. The summed E-state index contributed by atoms with van der Waals surface area (Å²) in [5, 5.41) is 17.6. The second-order valence-electron chi connectivity index (χ2n) is 4.93. The molecule has 0 amide bonds. The fourth-order valence-corrected chi connectivity index (χ4v) is 2.61. The van der Waals surface area contributed by atoms with E-state index in [2.05, 4.69) is 15.2 Å². The third-order valence-electron chi connectivity index (χ3n) is 3.26. The first kappa shape index (κ1) is 15.2. The molecule has 0 spiro atoms. The number of rotatable bonds is 4. The van der Waals surface area contributed by atoms with Gasteiger partial charge in [0.15, 0.2) is 11.5 Å². The van der Waals surface area contributed by atoms with E-state index in [0.717, 1.165) is 10.5 Å². The van der Waals surface area contributed by atoms with E-state index in [1.165, 1.54) is 0 Å². The summed E-state index contributed by atoms with van der Waals surface area (Å²) in [5.74, 6) is -0.913. The zero-order valence-electron chi connectivity index (χ0n) is 12.6. The molecule has 0 saturated carbocycles. The average Bonchev–Trinajstić information content (AvgIpc) is 2.91. The van der Waals surface area contributed by atoms with Crippen LogP contribution in [0.4, 0.5) is 11.5 Å². The van der Waals surface area contributed by atoms with Crippen molar-refractivity contribution in [3.05, 3.63) is 53.9 Å². The number of benzene rings is 1. The molecule has 1 aromatic carbocycles. The fraction of sp³-hybridized carbons (Fsp3) is 0.125. The van der Waals surface area contributed by atoms with E-state index < -0.39 is 5.97 Å². The molecule has 6 nitrogen and oxygen atoms in total. The third kappa shape index (κ3) is 3.09. The van der Waals surface area contributed by atoms with Crippen LogP contribution in [-0.4, -0.2) is 26.7 Å². The lowest BCUT2D eigenvalue weighted by Gasteiger charge is -1.99. The van der Waals surface area contributed by atoms with Gasteiger partial charge < -0.3 is 5.11 Å². The van der Waals surface area contributed by atoms with Gasteiger partial charge in [-0.3, -0.25) is 4.40 Å². The summed E-state index contributed by atoms with van der Waals surface area (Å²) in [4.78, 5) is 16.6. The van der Waals surface area contributed by atoms with Crippen LogP contribution in [0.5, 0.6) is 0 Å². The zero-order valence-corrected chi connectivity index (χ0v) is 13.4. The first-order chi connectivity index (χ1) is 11.1. The van der Waals surface area contributed by atoms with Gasteiger partial charge in [-0.05, 0) is 43.0 Å². The van der Waals surface area contributed by atoms with Crippen molar-refractivity contribution in [1.82, 2.24) is 9.38 Å². The number of hydrogen-bond donors (Lipinski definition) is 1. The van der Waals surface area contributed by atoms with Crippen molar-refractivity contribution < 1.29 is 9.90 Å². The molecule has 0 saturated heterocycles. The van der Waals surface area contributed by atoms with Crippen molar-refractivity contribution in [2.24, 2.45) is 10.2 Å². The number of imidazole rings is 1. The van der Waals surface area contributed by atoms with Crippen LogP contribution < -0.4 is 0 Å². The fourth-order valence-electron chi connectivity index (χ4n) is 2.16. The van der Waals surface area contributed by atoms with Crippen LogP contribution in [0.25, 0.3) is 5.65 Å². The van der Waals surface area contributed by atoms with Crippen LogP contribution in [0.15, 0.2) is 57.7 Å². The summed E-state index contributed by atoms with van der Waals surface area (Å²) in [6.45, 7) is 1.92. The molecule has 0 fully saturated rings. The van der Waals surface area contributed by atoms with Crippen LogP contribution in [0.3, 0.4) is 0 Å². The third-order valence-corrected chi connectivity index (χ3v) is 3.98. The van der Waals surface area contributed by atoms with Crippen LogP contribution in [0, 0.1) is 6.92 Å². The van der Waals surface area contributed by atoms with Gasteiger partial charge in [0, 0.05) is 11.1 Å². The molecular weight excluding hydrogens is 312 g/mol. The number of aryl methyl sites for hydroxylation is 1.